The van der Waals surface area contributed by atoms with E-state index in [1.165, 1.54) is 17.3 Å². The highest BCUT2D eigenvalue weighted by atomic mass is 35.5. The molecule has 0 saturated carbocycles. The molecule has 7 nitrogen and oxygen atoms in total. The normalized spacial score (nSPS) is 18.5. The Bertz CT molecular complexity index is 932. The van der Waals surface area contributed by atoms with Crippen LogP contribution >= 0.6 is 11.6 Å². The van der Waals surface area contributed by atoms with Crippen LogP contribution in [-0.4, -0.2) is 53.8 Å². The minimum Gasteiger partial charge on any atom is -0.339 e. The first kappa shape index (κ1) is 18.6. The van der Waals surface area contributed by atoms with E-state index >= 15 is 0 Å². The molecule has 9 heteroatoms. The van der Waals surface area contributed by atoms with E-state index in [1.54, 1.807) is 13.1 Å². The lowest BCUT2D eigenvalue weighted by Gasteiger charge is -2.22. The Kier molecular flexibility index (Phi) is 5.15. The van der Waals surface area contributed by atoms with Gasteiger partial charge in [0.05, 0.1) is 23.9 Å². The first-order valence-electron chi connectivity index (χ1n) is 8.08. The Morgan fingerprint density at radius 3 is 2.69 bits per heavy atom. The van der Waals surface area contributed by atoms with Gasteiger partial charge in [0.15, 0.2) is 9.84 Å². The summed E-state index contributed by atoms with van der Waals surface area (Å²) in [6.07, 6.45) is 3.29. The number of anilines is 2. The number of rotatable bonds is 4. The second-order valence-corrected chi connectivity index (χ2v) is 8.93. The minimum absolute atomic E-state index is 0.00362. The van der Waals surface area contributed by atoms with E-state index in [9.17, 15) is 13.2 Å². The van der Waals surface area contributed by atoms with Crippen molar-refractivity contribution in [2.45, 2.75) is 19.4 Å². The second kappa shape index (κ2) is 7.20. The Balaban J connectivity index is 1.71. The molecular weight excluding hydrogens is 376 g/mol. The van der Waals surface area contributed by atoms with Gasteiger partial charge in [-0.15, -0.1) is 0 Å². The van der Waals surface area contributed by atoms with Crippen molar-refractivity contribution < 1.29 is 13.2 Å². The van der Waals surface area contributed by atoms with Gasteiger partial charge in [0.2, 0.25) is 0 Å². The standard InChI is InChI=1S/C17H19ClN4O3S/c1-11-13(18)4-3-5-14(11)21-16-9-19-15(8-20-16)17(23)22(2)12-6-7-26(24,25)10-12/h3-5,8-9,12H,6-7,10H2,1-2H3,(H,20,21). The van der Waals surface area contributed by atoms with Gasteiger partial charge in [-0.25, -0.2) is 18.4 Å². The summed E-state index contributed by atoms with van der Waals surface area (Å²) in [4.78, 5) is 22.3. The first-order valence-corrected chi connectivity index (χ1v) is 10.3. The lowest BCUT2D eigenvalue weighted by atomic mass is 10.2. The second-order valence-electron chi connectivity index (χ2n) is 6.30. The molecule has 3 rings (SSSR count). The van der Waals surface area contributed by atoms with Gasteiger partial charge < -0.3 is 10.2 Å². The Labute approximate surface area is 157 Å². The van der Waals surface area contributed by atoms with Crippen LogP contribution in [0, 0.1) is 6.92 Å². The molecule has 2 aromatic rings. The molecule has 1 aromatic carbocycles. The number of sulfone groups is 1. The summed E-state index contributed by atoms with van der Waals surface area (Å²) < 4.78 is 23.2. The maximum atomic E-state index is 12.5. The average Bonchev–Trinajstić information content (AvgIpc) is 2.98. The molecule has 26 heavy (non-hydrogen) atoms. The molecule has 2 heterocycles. The van der Waals surface area contributed by atoms with E-state index in [-0.39, 0.29) is 29.1 Å². The lowest BCUT2D eigenvalue weighted by molar-refractivity contribution is 0.0741. The topological polar surface area (TPSA) is 92.3 Å². The van der Waals surface area contributed by atoms with Crippen LogP contribution in [0.3, 0.4) is 0 Å². The molecule has 1 saturated heterocycles. The van der Waals surface area contributed by atoms with Crippen LogP contribution in [0.4, 0.5) is 11.5 Å². The fourth-order valence-corrected chi connectivity index (χ4v) is 4.76. The average molecular weight is 395 g/mol. The van der Waals surface area contributed by atoms with E-state index in [0.29, 0.717) is 17.3 Å². The van der Waals surface area contributed by atoms with E-state index in [0.717, 1.165) is 11.3 Å². The molecule has 0 bridgehead atoms. The van der Waals surface area contributed by atoms with Crippen molar-refractivity contribution >= 4 is 38.9 Å². The summed E-state index contributed by atoms with van der Waals surface area (Å²) in [5, 5.41) is 3.75. The number of benzene rings is 1. The zero-order valence-corrected chi connectivity index (χ0v) is 16.0. The molecule has 1 unspecified atom stereocenters. The first-order chi connectivity index (χ1) is 12.3. The highest BCUT2D eigenvalue weighted by Crippen LogP contribution is 2.25. The van der Waals surface area contributed by atoms with Crippen LogP contribution in [0.5, 0.6) is 0 Å². The zero-order chi connectivity index (χ0) is 18.9. The van der Waals surface area contributed by atoms with E-state index in [4.69, 9.17) is 11.6 Å². The summed E-state index contributed by atoms with van der Waals surface area (Å²) in [5.41, 5.74) is 1.86. The number of aromatic nitrogens is 2. The van der Waals surface area contributed by atoms with Gasteiger partial charge in [-0.1, -0.05) is 17.7 Å². The Morgan fingerprint density at radius 1 is 1.31 bits per heavy atom. The van der Waals surface area contributed by atoms with E-state index in [2.05, 4.69) is 15.3 Å². The van der Waals surface area contributed by atoms with Crippen LogP contribution in [0.25, 0.3) is 0 Å². The number of hydrogen-bond acceptors (Lipinski definition) is 6. The van der Waals surface area contributed by atoms with Gasteiger partial charge in [-0.05, 0) is 31.0 Å². The smallest absolute Gasteiger partial charge is 0.274 e. The maximum Gasteiger partial charge on any atom is 0.274 e. The molecule has 138 valence electrons. The van der Waals surface area contributed by atoms with Gasteiger partial charge in [0, 0.05) is 23.8 Å². The van der Waals surface area contributed by atoms with Gasteiger partial charge >= 0.3 is 0 Å². The number of nitrogens with one attached hydrogen (secondary N) is 1. The van der Waals surface area contributed by atoms with Crippen LogP contribution in [0.2, 0.25) is 5.02 Å². The highest BCUT2D eigenvalue weighted by Gasteiger charge is 2.33. The molecule has 1 amide bonds. The Morgan fingerprint density at radius 2 is 2.08 bits per heavy atom. The maximum absolute atomic E-state index is 12.5. The third-order valence-corrected chi connectivity index (χ3v) is 6.64. The third-order valence-electron chi connectivity index (χ3n) is 4.48. The number of amides is 1. The highest BCUT2D eigenvalue weighted by molar-refractivity contribution is 7.91. The van der Waals surface area contributed by atoms with Crippen molar-refractivity contribution in [3.8, 4) is 0 Å². The molecule has 1 N–H and O–H groups in total. The molecule has 1 aromatic heterocycles. The predicted molar refractivity (Wildman–Crippen MR) is 101 cm³/mol. The number of halogens is 1. The molecule has 0 radical (unpaired) electrons. The fourth-order valence-electron chi connectivity index (χ4n) is 2.81. The van der Waals surface area contributed by atoms with Crippen molar-refractivity contribution in [1.29, 1.82) is 0 Å². The summed E-state index contributed by atoms with van der Waals surface area (Å²) >= 11 is 6.09. The third kappa shape index (κ3) is 3.96. The molecule has 1 fully saturated rings. The Hall–Kier alpha value is -2.19. The quantitative estimate of drug-likeness (QED) is 0.856. The summed E-state index contributed by atoms with van der Waals surface area (Å²) in [7, 11) is -1.46. The number of carbonyl (C=O) groups excluding carboxylic acids is 1. The SMILES string of the molecule is Cc1c(Cl)cccc1Nc1cnc(C(=O)N(C)C2CCS(=O)(=O)C2)cn1. The van der Waals surface area contributed by atoms with E-state index < -0.39 is 9.84 Å². The molecular formula is C17H19ClN4O3S. The zero-order valence-electron chi connectivity index (χ0n) is 14.4. The monoisotopic (exact) mass is 394 g/mol. The largest absolute Gasteiger partial charge is 0.339 e. The number of carbonyl (C=O) groups is 1. The van der Waals surface area contributed by atoms with Crippen LogP contribution in [0.1, 0.15) is 22.5 Å². The predicted octanol–water partition coefficient (Wildman–Crippen LogP) is 2.44. The molecule has 1 aliphatic rings. The van der Waals surface area contributed by atoms with Gasteiger partial charge in [-0.3, -0.25) is 4.79 Å². The fraction of sp³-hybridized carbons (Fsp3) is 0.353. The van der Waals surface area contributed by atoms with Crippen molar-refractivity contribution in [1.82, 2.24) is 14.9 Å². The van der Waals surface area contributed by atoms with E-state index in [1.807, 2.05) is 19.1 Å². The molecule has 1 aliphatic heterocycles. The number of hydrogen-bond donors (Lipinski definition) is 1. The van der Waals surface area contributed by atoms with Crippen LogP contribution in [0.15, 0.2) is 30.6 Å². The minimum atomic E-state index is -3.06. The summed E-state index contributed by atoms with van der Waals surface area (Å²) in [6.45, 7) is 1.89. The van der Waals surface area contributed by atoms with Gasteiger partial charge in [0.25, 0.3) is 5.91 Å². The number of nitrogens with zero attached hydrogens (tertiary/aromatic N) is 3. The van der Waals surface area contributed by atoms with Crippen LogP contribution < -0.4 is 5.32 Å². The van der Waals surface area contributed by atoms with Crippen molar-refractivity contribution in [3.05, 3.63) is 46.9 Å². The van der Waals surface area contributed by atoms with Crippen molar-refractivity contribution in [2.24, 2.45) is 0 Å². The molecule has 0 aliphatic carbocycles. The summed E-state index contributed by atoms with van der Waals surface area (Å²) in [5.74, 6) is 0.252. The van der Waals surface area contributed by atoms with Crippen molar-refractivity contribution in [2.75, 3.05) is 23.9 Å². The lowest BCUT2D eigenvalue weighted by Crippen LogP contribution is -2.38. The van der Waals surface area contributed by atoms with Crippen LogP contribution in [-0.2, 0) is 9.84 Å². The van der Waals surface area contributed by atoms with Gasteiger partial charge in [0.1, 0.15) is 11.5 Å². The van der Waals surface area contributed by atoms with Crippen molar-refractivity contribution in [3.63, 3.8) is 0 Å². The van der Waals surface area contributed by atoms with Gasteiger partial charge in [-0.2, -0.15) is 0 Å². The molecule has 0 spiro atoms. The molecule has 1 atom stereocenters. The summed E-state index contributed by atoms with van der Waals surface area (Å²) in [6, 6.07) is 5.18.